The Kier molecular flexibility index (Phi) is 7.85. The molecule has 3 aliphatic heterocycles. The van der Waals surface area contributed by atoms with Gasteiger partial charge in [-0.05, 0) is 45.6 Å². The van der Waals surface area contributed by atoms with Gasteiger partial charge in [-0.2, -0.15) is 0 Å². The average molecular weight is 653 g/mol. The first-order chi connectivity index (χ1) is 21.4. The van der Waals surface area contributed by atoms with Crippen LogP contribution in [0.5, 0.6) is 0 Å². The monoisotopic (exact) mass is 652 g/mol. The third-order valence-corrected chi connectivity index (χ3v) is 12.5. The Balaban J connectivity index is 1.48. The molecule has 6 rings (SSSR count). The van der Waals surface area contributed by atoms with E-state index in [0.717, 1.165) is 0 Å². The Labute approximate surface area is 265 Å². The van der Waals surface area contributed by atoms with Crippen molar-refractivity contribution in [2.24, 2.45) is 28.1 Å². The fourth-order valence-electron chi connectivity index (χ4n) is 10.3. The predicted octanol–water partition coefficient (Wildman–Crippen LogP) is 1.03. The maximum absolute atomic E-state index is 14.6. The fourth-order valence-corrected chi connectivity index (χ4v) is 10.3. The van der Waals surface area contributed by atoms with Crippen LogP contribution in [-0.2, 0) is 33.3 Å². The van der Waals surface area contributed by atoms with Crippen molar-refractivity contribution in [3.63, 3.8) is 0 Å². The summed E-state index contributed by atoms with van der Waals surface area (Å²) >= 11 is 0. The number of rotatable bonds is 8. The number of aliphatic carboxylic acids is 2. The van der Waals surface area contributed by atoms with E-state index in [9.17, 15) is 45.0 Å². The molecule has 1 spiro atoms. The van der Waals surface area contributed by atoms with Crippen molar-refractivity contribution in [3.8, 4) is 0 Å². The lowest BCUT2D eigenvalue weighted by molar-refractivity contribution is -0.328. The molecule has 5 fully saturated rings. The van der Waals surface area contributed by atoms with E-state index in [1.165, 1.54) is 12.5 Å². The second kappa shape index (κ2) is 10.8. The summed E-state index contributed by atoms with van der Waals surface area (Å²) in [7, 11) is 0. The molecule has 14 heteroatoms. The van der Waals surface area contributed by atoms with E-state index in [-0.39, 0.29) is 31.0 Å². The normalized spacial score (nSPS) is 48.5. The van der Waals surface area contributed by atoms with Gasteiger partial charge in [-0.3, -0.25) is 9.59 Å². The van der Waals surface area contributed by atoms with Gasteiger partial charge in [0.15, 0.2) is 12.4 Å². The van der Waals surface area contributed by atoms with Crippen molar-refractivity contribution in [2.75, 3.05) is 6.61 Å². The number of furan rings is 1. The molecule has 0 unspecified atom stereocenters. The number of hydrogen-bond donors (Lipinski definition) is 6. The molecule has 6 N–H and O–H groups in total. The highest BCUT2D eigenvalue weighted by molar-refractivity contribution is 5.92. The molecule has 2 aliphatic carbocycles. The first-order valence-corrected chi connectivity index (χ1v) is 15.7. The smallest absolute Gasteiger partial charge is 0.335 e. The minimum Gasteiger partial charge on any atom is -0.481 e. The molecule has 1 aromatic heterocycles. The number of carboxylic acids is 2. The fraction of sp³-hybridized carbons (Fsp3) is 0.781. The number of carbonyl (C=O) groups excluding carboxylic acids is 1. The molecule has 2 saturated carbocycles. The van der Waals surface area contributed by atoms with Crippen LogP contribution in [0.2, 0.25) is 0 Å². The van der Waals surface area contributed by atoms with Gasteiger partial charge in [-0.25, -0.2) is 4.79 Å². The summed E-state index contributed by atoms with van der Waals surface area (Å²) in [5.74, 6) is -3.42. The van der Waals surface area contributed by atoms with E-state index in [1.807, 2.05) is 20.8 Å². The van der Waals surface area contributed by atoms with Crippen LogP contribution in [0.1, 0.15) is 72.0 Å². The van der Waals surface area contributed by atoms with Crippen LogP contribution in [0.4, 0.5) is 0 Å². The number of ether oxygens (including phenoxy) is 4. The zero-order valence-corrected chi connectivity index (χ0v) is 26.5. The van der Waals surface area contributed by atoms with E-state index in [2.05, 4.69) is 0 Å². The number of epoxide rings is 1. The molecule has 1 aromatic rings. The first-order valence-electron chi connectivity index (χ1n) is 15.7. The third kappa shape index (κ3) is 4.27. The largest absolute Gasteiger partial charge is 0.481 e. The van der Waals surface area contributed by atoms with Crippen LogP contribution in [0.3, 0.4) is 0 Å². The van der Waals surface area contributed by atoms with Crippen LogP contribution in [-0.4, -0.2) is 109 Å². The summed E-state index contributed by atoms with van der Waals surface area (Å²) in [6.07, 6.45) is -8.18. The highest BCUT2D eigenvalue weighted by Gasteiger charge is 2.87. The van der Waals surface area contributed by atoms with Gasteiger partial charge in [0.1, 0.15) is 35.8 Å². The Morgan fingerprint density at radius 1 is 1.02 bits per heavy atom. The van der Waals surface area contributed by atoms with Crippen LogP contribution >= 0.6 is 0 Å². The van der Waals surface area contributed by atoms with Gasteiger partial charge >= 0.3 is 11.9 Å². The molecule has 14 atom stereocenters. The molecule has 5 aliphatic rings. The standard InChI is InChI=1S/C32H44O14/c1-28(2)17-10-18(34)31(5)16(30(17,4)19(45-28)11-20(35)36)6-8-29(3,32(31)25(46-32)26(40)41)24(14-7-9-42-13-14)44-27-23(39)22(38)21(37)15(12-33)43-27/h7,9,13,15-17,19,21-25,27,33,37-39H,6,8,10-12H2,1-5H3,(H,35,36)(H,40,41)/t15-,16-,17+,19-,21-,22+,23-,24+,25-,27+,29+,30-,31+,32-/m1/s1. The number of aliphatic hydroxyl groups excluding tert-OH is 4. The number of fused-ring (bicyclic) bond motifs is 4. The highest BCUT2D eigenvalue weighted by Crippen LogP contribution is 2.78. The minimum atomic E-state index is -1.75. The number of carbonyl (C=O) groups is 3. The zero-order valence-electron chi connectivity index (χ0n) is 26.5. The van der Waals surface area contributed by atoms with Gasteiger partial charge in [0.2, 0.25) is 0 Å². The van der Waals surface area contributed by atoms with Gasteiger partial charge in [0.25, 0.3) is 0 Å². The van der Waals surface area contributed by atoms with Gasteiger partial charge in [0.05, 0.1) is 48.8 Å². The van der Waals surface area contributed by atoms with Gasteiger partial charge in [0, 0.05) is 28.7 Å². The molecule has 0 radical (unpaired) electrons. The SMILES string of the molecule is CC1(C)O[C@H](CC(=O)O)[C@]2(C)[C@H]3CC[C@@](C)([C@@H](O[C@@H]4O[C@H](CO)[C@@H](O)[C@H](O)[C@H]4O)c4ccoc4)[C@@]4(O[C@@H]4C(=O)O)[C@]3(C)C(=O)C[C@@H]12. The van der Waals surface area contributed by atoms with E-state index in [0.29, 0.717) is 12.0 Å². The molecular formula is C32H44O14. The zero-order chi connectivity index (χ0) is 33.8. The number of hydrogen-bond acceptors (Lipinski definition) is 12. The van der Waals surface area contributed by atoms with E-state index >= 15 is 0 Å². The molecule has 0 aromatic carbocycles. The molecule has 4 heterocycles. The number of aliphatic hydroxyl groups is 4. The summed E-state index contributed by atoms with van der Waals surface area (Å²) in [6.45, 7) is 8.44. The molecule has 14 nitrogen and oxygen atoms in total. The second-order valence-electron chi connectivity index (χ2n) is 14.9. The van der Waals surface area contributed by atoms with Gasteiger partial charge in [-0.15, -0.1) is 0 Å². The molecule has 256 valence electrons. The van der Waals surface area contributed by atoms with E-state index in [4.69, 9.17) is 23.4 Å². The predicted molar refractivity (Wildman–Crippen MR) is 153 cm³/mol. The van der Waals surface area contributed by atoms with Crippen molar-refractivity contribution in [2.45, 2.75) is 121 Å². The summed E-state index contributed by atoms with van der Waals surface area (Å²) < 4.78 is 30.2. The van der Waals surface area contributed by atoms with Crippen LogP contribution in [0, 0.1) is 28.1 Å². The Morgan fingerprint density at radius 3 is 2.28 bits per heavy atom. The number of carboxylic acid groups (broad SMARTS) is 2. The molecular weight excluding hydrogens is 608 g/mol. The summed E-state index contributed by atoms with van der Waals surface area (Å²) in [4.78, 5) is 39.5. The summed E-state index contributed by atoms with van der Waals surface area (Å²) in [6, 6.07) is 1.59. The summed E-state index contributed by atoms with van der Waals surface area (Å²) in [5, 5.41) is 61.8. The van der Waals surface area contributed by atoms with Crippen molar-refractivity contribution in [1.29, 1.82) is 0 Å². The lowest BCUT2D eigenvalue weighted by Crippen LogP contribution is -2.70. The Morgan fingerprint density at radius 2 is 1.72 bits per heavy atom. The lowest BCUT2D eigenvalue weighted by atomic mass is 9.37. The van der Waals surface area contributed by atoms with Crippen molar-refractivity contribution < 1.29 is 68.4 Å². The van der Waals surface area contributed by atoms with Crippen molar-refractivity contribution >= 4 is 17.7 Å². The van der Waals surface area contributed by atoms with Gasteiger partial charge < -0.3 is 54.0 Å². The number of Topliss-reactive ketones (excluding diaryl/α,β-unsaturated/α-hetero) is 1. The molecule has 3 saturated heterocycles. The number of ketones is 1. The topological polar surface area (TPSA) is 226 Å². The van der Waals surface area contributed by atoms with Gasteiger partial charge in [-0.1, -0.05) is 13.8 Å². The maximum atomic E-state index is 14.6. The molecule has 0 bridgehead atoms. The second-order valence-corrected chi connectivity index (χ2v) is 14.9. The van der Waals surface area contributed by atoms with E-state index in [1.54, 1.807) is 19.9 Å². The van der Waals surface area contributed by atoms with Crippen molar-refractivity contribution in [1.82, 2.24) is 0 Å². The van der Waals surface area contributed by atoms with E-state index < -0.39 is 101 Å². The highest BCUT2D eigenvalue weighted by atomic mass is 16.7. The summed E-state index contributed by atoms with van der Waals surface area (Å²) in [5.41, 5.74) is -5.66. The Bertz CT molecular complexity index is 1380. The quantitative estimate of drug-likeness (QED) is 0.216. The van der Waals surface area contributed by atoms with Crippen LogP contribution in [0.25, 0.3) is 0 Å². The van der Waals surface area contributed by atoms with Crippen LogP contribution in [0.15, 0.2) is 23.0 Å². The average Bonchev–Trinajstić information content (AvgIpc) is 3.48. The third-order valence-electron chi connectivity index (χ3n) is 12.5. The van der Waals surface area contributed by atoms with Crippen LogP contribution < -0.4 is 0 Å². The molecule has 46 heavy (non-hydrogen) atoms. The minimum absolute atomic E-state index is 0.0179. The first kappa shape index (κ1) is 33.5. The maximum Gasteiger partial charge on any atom is 0.335 e. The lowest BCUT2D eigenvalue weighted by Gasteiger charge is -2.64. The molecule has 0 amide bonds. The Hall–Kier alpha value is -2.43. The van der Waals surface area contributed by atoms with Crippen molar-refractivity contribution in [3.05, 3.63) is 24.2 Å².